The highest BCUT2D eigenvalue weighted by molar-refractivity contribution is 7.98. The van der Waals surface area contributed by atoms with Crippen LogP contribution in [0, 0.1) is 0 Å². The number of carbonyl (C=O) groups excluding carboxylic acids is 1. The van der Waals surface area contributed by atoms with E-state index in [-0.39, 0.29) is 5.91 Å². The van der Waals surface area contributed by atoms with Gasteiger partial charge < -0.3 is 9.73 Å². The summed E-state index contributed by atoms with van der Waals surface area (Å²) in [5.41, 5.74) is 3.36. The first-order valence-corrected chi connectivity index (χ1v) is 9.17. The smallest absolute Gasteiger partial charge is 0.226 e. The molecule has 0 radical (unpaired) electrons. The molecule has 0 aliphatic heterocycles. The third-order valence-corrected chi connectivity index (χ3v) is 4.95. The minimum Gasteiger partial charge on any atom is -0.468 e. The second-order valence-corrected chi connectivity index (χ2v) is 6.77. The van der Waals surface area contributed by atoms with E-state index in [9.17, 15) is 4.79 Å². The summed E-state index contributed by atoms with van der Waals surface area (Å²) in [4.78, 5) is 12.1. The molecule has 6 heteroatoms. The van der Waals surface area contributed by atoms with E-state index in [1.165, 1.54) is 24.0 Å². The molecule has 0 saturated heterocycles. The summed E-state index contributed by atoms with van der Waals surface area (Å²) in [6.45, 7) is 0.659. The molecule has 0 spiro atoms. The minimum absolute atomic E-state index is 0.0249. The Morgan fingerprint density at radius 3 is 3.13 bits per heavy atom. The van der Waals surface area contributed by atoms with Gasteiger partial charge >= 0.3 is 0 Å². The van der Waals surface area contributed by atoms with Crippen molar-refractivity contribution in [2.45, 2.75) is 37.9 Å². The molecule has 0 fully saturated rings. The van der Waals surface area contributed by atoms with E-state index < -0.39 is 0 Å². The van der Waals surface area contributed by atoms with Crippen molar-refractivity contribution in [3.05, 3.63) is 47.2 Å². The van der Waals surface area contributed by atoms with Gasteiger partial charge in [0, 0.05) is 12.3 Å². The second kappa shape index (κ2) is 8.15. The Balaban J connectivity index is 1.41. The van der Waals surface area contributed by atoms with Crippen LogP contribution in [0.3, 0.4) is 0 Å². The molecule has 1 aliphatic carbocycles. The van der Waals surface area contributed by atoms with Gasteiger partial charge in [-0.05, 0) is 48.9 Å². The molecule has 2 aromatic heterocycles. The zero-order valence-electron chi connectivity index (χ0n) is 13.1. The van der Waals surface area contributed by atoms with Gasteiger partial charge in [0.15, 0.2) is 0 Å². The molecule has 23 heavy (non-hydrogen) atoms. The maximum Gasteiger partial charge on any atom is 0.226 e. The number of furan rings is 1. The van der Waals surface area contributed by atoms with Gasteiger partial charge in [-0.1, -0.05) is 0 Å². The molecule has 2 heterocycles. The molecule has 1 aliphatic rings. The third kappa shape index (κ3) is 4.58. The van der Waals surface area contributed by atoms with Gasteiger partial charge in [0.2, 0.25) is 5.91 Å². The summed E-state index contributed by atoms with van der Waals surface area (Å²) >= 11 is 1.75. The van der Waals surface area contributed by atoms with E-state index in [0.717, 1.165) is 35.8 Å². The number of hydrogen-bond acceptors (Lipinski definition) is 5. The van der Waals surface area contributed by atoms with Gasteiger partial charge in [0.25, 0.3) is 0 Å². The molecule has 5 nitrogen and oxygen atoms in total. The normalized spacial score (nSPS) is 13.6. The molecule has 0 unspecified atom stereocenters. The fourth-order valence-corrected chi connectivity index (χ4v) is 3.57. The van der Waals surface area contributed by atoms with Crippen LogP contribution in [-0.4, -0.2) is 28.4 Å². The second-order valence-electron chi connectivity index (χ2n) is 5.66. The number of aryl methyl sites for hydroxylation is 1. The van der Waals surface area contributed by atoms with Crippen LogP contribution in [0.1, 0.15) is 35.4 Å². The maximum absolute atomic E-state index is 12.1. The number of rotatable bonds is 7. The number of fused-ring (bicyclic) bond motifs is 1. The molecule has 0 aromatic carbocycles. The van der Waals surface area contributed by atoms with E-state index in [1.807, 2.05) is 18.3 Å². The van der Waals surface area contributed by atoms with E-state index in [4.69, 9.17) is 4.42 Å². The maximum atomic E-state index is 12.1. The first kappa shape index (κ1) is 16.1. The molecule has 2 aromatic rings. The Morgan fingerprint density at radius 2 is 2.26 bits per heavy atom. The van der Waals surface area contributed by atoms with Crippen LogP contribution in [0.2, 0.25) is 0 Å². The lowest BCUT2D eigenvalue weighted by Gasteiger charge is -2.17. The average molecular weight is 331 g/mol. The van der Waals surface area contributed by atoms with Crippen LogP contribution < -0.4 is 5.32 Å². The van der Waals surface area contributed by atoms with Crippen molar-refractivity contribution in [3.63, 3.8) is 0 Å². The molecule has 0 atom stereocenters. The summed E-state index contributed by atoms with van der Waals surface area (Å²) in [6.07, 6.45) is 8.32. The van der Waals surface area contributed by atoms with Gasteiger partial charge in [0.05, 0.1) is 30.3 Å². The van der Waals surface area contributed by atoms with Crippen molar-refractivity contribution in [2.24, 2.45) is 0 Å². The largest absolute Gasteiger partial charge is 0.468 e. The van der Waals surface area contributed by atoms with Gasteiger partial charge in [-0.25, -0.2) is 0 Å². The molecule has 0 saturated carbocycles. The van der Waals surface area contributed by atoms with E-state index >= 15 is 0 Å². The van der Waals surface area contributed by atoms with Crippen LogP contribution in [-0.2, 0) is 29.8 Å². The van der Waals surface area contributed by atoms with Crippen LogP contribution in [0.4, 0.5) is 0 Å². The lowest BCUT2D eigenvalue weighted by Crippen LogP contribution is -2.28. The minimum atomic E-state index is 0.0249. The van der Waals surface area contributed by atoms with E-state index in [0.29, 0.717) is 13.0 Å². The topological polar surface area (TPSA) is 68.0 Å². The zero-order valence-corrected chi connectivity index (χ0v) is 13.9. The van der Waals surface area contributed by atoms with Crippen molar-refractivity contribution in [1.29, 1.82) is 0 Å². The number of thioether (sulfide) groups is 1. The highest BCUT2D eigenvalue weighted by Gasteiger charge is 2.16. The van der Waals surface area contributed by atoms with Crippen molar-refractivity contribution in [3.8, 4) is 0 Å². The Morgan fingerprint density at radius 1 is 1.35 bits per heavy atom. The number of carbonyl (C=O) groups is 1. The SMILES string of the molecule is O=C(Cc1nncc2c1CCCC2)NCCSCc1ccco1. The van der Waals surface area contributed by atoms with Gasteiger partial charge in [0.1, 0.15) is 5.76 Å². The van der Waals surface area contributed by atoms with Crippen LogP contribution in [0.25, 0.3) is 0 Å². The van der Waals surface area contributed by atoms with Crippen LogP contribution in [0.15, 0.2) is 29.0 Å². The molecule has 1 amide bonds. The third-order valence-electron chi connectivity index (χ3n) is 3.97. The number of amides is 1. The zero-order chi connectivity index (χ0) is 15.9. The summed E-state index contributed by atoms with van der Waals surface area (Å²) in [5, 5.41) is 11.2. The Hall–Kier alpha value is -1.82. The summed E-state index contributed by atoms with van der Waals surface area (Å²) in [7, 11) is 0. The molecule has 1 N–H and O–H groups in total. The standard InChI is InChI=1S/C17H21N3O2S/c21-17(18-7-9-23-12-14-5-3-8-22-14)10-16-15-6-2-1-4-13(15)11-19-20-16/h3,5,8,11H,1-2,4,6-7,9-10,12H2,(H,18,21). The summed E-state index contributed by atoms with van der Waals surface area (Å²) in [5.74, 6) is 2.69. The molecule has 3 rings (SSSR count). The Bertz CT molecular complexity index is 643. The molecular weight excluding hydrogens is 310 g/mol. The average Bonchev–Trinajstić information content (AvgIpc) is 3.08. The van der Waals surface area contributed by atoms with E-state index in [1.54, 1.807) is 18.0 Å². The Kier molecular flexibility index (Phi) is 5.69. The van der Waals surface area contributed by atoms with Gasteiger partial charge in [-0.15, -0.1) is 0 Å². The van der Waals surface area contributed by atoms with E-state index in [2.05, 4.69) is 15.5 Å². The first-order valence-electron chi connectivity index (χ1n) is 8.02. The van der Waals surface area contributed by atoms with Crippen molar-refractivity contribution >= 4 is 17.7 Å². The predicted molar refractivity (Wildman–Crippen MR) is 90.3 cm³/mol. The quantitative estimate of drug-likeness (QED) is 0.790. The number of nitrogens with one attached hydrogen (secondary N) is 1. The fraction of sp³-hybridized carbons (Fsp3) is 0.471. The Labute approximate surface area is 140 Å². The highest BCUT2D eigenvalue weighted by Crippen LogP contribution is 2.22. The predicted octanol–water partition coefficient (Wildman–Crippen LogP) is 2.54. The van der Waals surface area contributed by atoms with Crippen molar-refractivity contribution in [2.75, 3.05) is 12.3 Å². The molecular formula is C17H21N3O2S. The summed E-state index contributed by atoms with van der Waals surface area (Å²) < 4.78 is 5.27. The number of aromatic nitrogens is 2. The van der Waals surface area contributed by atoms with Crippen molar-refractivity contribution < 1.29 is 9.21 Å². The lowest BCUT2D eigenvalue weighted by molar-refractivity contribution is -0.120. The molecule has 122 valence electrons. The van der Waals surface area contributed by atoms with Crippen molar-refractivity contribution in [1.82, 2.24) is 15.5 Å². The fourth-order valence-electron chi connectivity index (χ4n) is 2.82. The first-order chi connectivity index (χ1) is 11.3. The molecule has 0 bridgehead atoms. The van der Waals surface area contributed by atoms with Gasteiger partial charge in [-0.3, -0.25) is 4.79 Å². The van der Waals surface area contributed by atoms with Crippen LogP contribution >= 0.6 is 11.8 Å². The van der Waals surface area contributed by atoms with Crippen LogP contribution in [0.5, 0.6) is 0 Å². The highest BCUT2D eigenvalue weighted by atomic mass is 32.2. The summed E-state index contributed by atoms with van der Waals surface area (Å²) in [6, 6.07) is 3.85. The number of hydrogen-bond donors (Lipinski definition) is 1. The van der Waals surface area contributed by atoms with Gasteiger partial charge in [-0.2, -0.15) is 22.0 Å². The lowest BCUT2D eigenvalue weighted by atomic mass is 9.91. The number of nitrogens with zero attached hydrogens (tertiary/aromatic N) is 2. The monoisotopic (exact) mass is 331 g/mol.